The zero-order valence-corrected chi connectivity index (χ0v) is 17.1. The van der Waals surface area contributed by atoms with E-state index in [1.165, 1.54) is 7.11 Å². The van der Waals surface area contributed by atoms with E-state index < -0.39 is 0 Å². The van der Waals surface area contributed by atoms with Crippen molar-refractivity contribution in [3.8, 4) is 17.0 Å². The lowest BCUT2D eigenvalue weighted by molar-refractivity contribution is 0.0530. The smallest absolute Gasteiger partial charge is 0.272 e. The molecule has 1 fully saturated rings. The SMILES string of the molecule is COc1cc(Cl)ccc1C(=O)N1CCN(C(=O)c2cc(-c3ccncc3)n[nH]2)CC1. The number of carbonyl (C=O) groups is 2. The second-order valence-corrected chi connectivity index (χ2v) is 7.27. The summed E-state index contributed by atoms with van der Waals surface area (Å²) in [6.07, 6.45) is 3.36. The number of halogens is 1. The molecule has 3 heterocycles. The first-order chi connectivity index (χ1) is 14.6. The van der Waals surface area contributed by atoms with Crippen LogP contribution in [0, 0.1) is 0 Å². The monoisotopic (exact) mass is 425 g/mol. The van der Waals surface area contributed by atoms with E-state index in [0.29, 0.717) is 53.9 Å². The molecule has 0 unspecified atom stereocenters. The average Bonchev–Trinajstić information content (AvgIpc) is 3.29. The third kappa shape index (κ3) is 3.99. The van der Waals surface area contributed by atoms with Crippen LogP contribution in [0.4, 0.5) is 0 Å². The summed E-state index contributed by atoms with van der Waals surface area (Å²) in [5, 5.41) is 7.54. The van der Waals surface area contributed by atoms with Gasteiger partial charge in [-0.1, -0.05) is 11.6 Å². The number of nitrogens with one attached hydrogen (secondary N) is 1. The Morgan fingerprint density at radius 2 is 1.67 bits per heavy atom. The van der Waals surface area contributed by atoms with Gasteiger partial charge in [-0.2, -0.15) is 5.10 Å². The van der Waals surface area contributed by atoms with E-state index in [2.05, 4.69) is 15.2 Å². The summed E-state index contributed by atoms with van der Waals surface area (Å²) in [5.74, 6) is 0.156. The van der Waals surface area contributed by atoms with Crippen molar-refractivity contribution in [1.29, 1.82) is 0 Å². The third-order valence-corrected chi connectivity index (χ3v) is 5.27. The maximum atomic E-state index is 12.9. The number of nitrogens with zero attached hydrogens (tertiary/aromatic N) is 4. The standard InChI is InChI=1S/C21H20ClN5O3/c1-30-19-12-15(22)2-3-16(19)20(28)26-8-10-27(11-9-26)21(29)18-13-17(24-25-18)14-4-6-23-7-5-14/h2-7,12-13H,8-11H2,1H3,(H,24,25). The first-order valence-electron chi connectivity index (χ1n) is 9.44. The van der Waals surface area contributed by atoms with Crippen LogP contribution in [0.3, 0.4) is 0 Å². The van der Waals surface area contributed by atoms with Crippen LogP contribution in [-0.4, -0.2) is 70.1 Å². The molecule has 30 heavy (non-hydrogen) atoms. The van der Waals surface area contributed by atoms with Crippen molar-refractivity contribution in [2.24, 2.45) is 0 Å². The Kier molecular flexibility index (Phi) is 5.67. The number of benzene rings is 1. The number of amides is 2. The van der Waals surface area contributed by atoms with E-state index in [0.717, 1.165) is 5.56 Å². The van der Waals surface area contributed by atoms with Crippen LogP contribution in [-0.2, 0) is 0 Å². The minimum absolute atomic E-state index is 0.140. The van der Waals surface area contributed by atoms with Gasteiger partial charge in [0, 0.05) is 49.2 Å². The number of aromatic amines is 1. The molecule has 4 rings (SSSR count). The number of hydrogen-bond acceptors (Lipinski definition) is 5. The van der Waals surface area contributed by atoms with Crippen LogP contribution < -0.4 is 4.74 Å². The Bertz CT molecular complexity index is 1060. The van der Waals surface area contributed by atoms with E-state index in [-0.39, 0.29) is 11.8 Å². The number of carbonyl (C=O) groups excluding carboxylic acids is 2. The fourth-order valence-corrected chi connectivity index (χ4v) is 3.56. The molecule has 1 N–H and O–H groups in total. The molecule has 1 aromatic carbocycles. The van der Waals surface area contributed by atoms with Gasteiger partial charge in [-0.05, 0) is 36.4 Å². The van der Waals surface area contributed by atoms with E-state index in [4.69, 9.17) is 16.3 Å². The van der Waals surface area contributed by atoms with Crippen molar-refractivity contribution in [2.75, 3.05) is 33.3 Å². The normalized spacial score (nSPS) is 13.9. The summed E-state index contributed by atoms with van der Waals surface area (Å²) >= 11 is 5.98. The molecule has 154 valence electrons. The molecule has 8 nitrogen and oxygen atoms in total. The van der Waals surface area contributed by atoms with E-state index in [1.54, 1.807) is 46.5 Å². The van der Waals surface area contributed by atoms with Crippen molar-refractivity contribution in [1.82, 2.24) is 25.0 Å². The number of rotatable bonds is 4. The van der Waals surface area contributed by atoms with Gasteiger partial charge in [0.1, 0.15) is 11.4 Å². The number of pyridine rings is 1. The summed E-state index contributed by atoms with van der Waals surface area (Å²) in [7, 11) is 1.50. The fraction of sp³-hybridized carbons (Fsp3) is 0.238. The highest BCUT2D eigenvalue weighted by Gasteiger charge is 2.27. The molecule has 1 aliphatic rings. The highest BCUT2D eigenvalue weighted by Crippen LogP contribution is 2.25. The second-order valence-electron chi connectivity index (χ2n) is 6.83. The zero-order valence-electron chi connectivity index (χ0n) is 16.3. The van der Waals surface area contributed by atoms with Gasteiger partial charge in [0.05, 0.1) is 18.4 Å². The molecule has 0 atom stereocenters. The topological polar surface area (TPSA) is 91.4 Å². The Morgan fingerprint density at radius 3 is 2.33 bits per heavy atom. The third-order valence-electron chi connectivity index (χ3n) is 5.03. The lowest BCUT2D eigenvalue weighted by atomic mass is 10.1. The number of aromatic nitrogens is 3. The van der Waals surface area contributed by atoms with Crippen LogP contribution >= 0.6 is 11.6 Å². The predicted octanol–water partition coefficient (Wildman–Crippen LogP) is 2.73. The van der Waals surface area contributed by atoms with Gasteiger partial charge >= 0.3 is 0 Å². The quantitative estimate of drug-likeness (QED) is 0.694. The van der Waals surface area contributed by atoms with Crippen LogP contribution in [0.2, 0.25) is 5.02 Å². The lowest BCUT2D eigenvalue weighted by Crippen LogP contribution is -2.50. The Balaban J connectivity index is 1.40. The maximum absolute atomic E-state index is 12.9. The second kappa shape index (κ2) is 8.54. The summed E-state index contributed by atoms with van der Waals surface area (Å²) in [6, 6.07) is 10.3. The minimum Gasteiger partial charge on any atom is -0.496 e. The summed E-state index contributed by atoms with van der Waals surface area (Å²) in [4.78, 5) is 33.1. The van der Waals surface area contributed by atoms with Crippen molar-refractivity contribution in [3.63, 3.8) is 0 Å². The van der Waals surface area contributed by atoms with Crippen LogP contribution in [0.25, 0.3) is 11.3 Å². The molecule has 0 bridgehead atoms. The van der Waals surface area contributed by atoms with Crippen LogP contribution in [0.15, 0.2) is 48.8 Å². The van der Waals surface area contributed by atoms with E-state index in [1.807, 2.05) is 12.1 Å². The van der Waals surface area contributed by atoms with Gasteiger partial charge in [-0.15, -0.1) is 0 Å². The van der Waals surface area contributed by atoms with Crippen molar-refractivity contribution in [2.45, 2.75) is 0 Å². The predicted molar refractivity (Wildman–Crippen MR) is 112 cm³/mol. The summed E-state index contributed by atoms with van der Waals surface area (Å²) in [6.45, 7) is 1.73. The molecule has 0 saturated carbocycles. The van der Waals surface area contributed by atoms with Gasteiger partial charge in [0.2, 0.25) is 0 Å². The number of hydrogen-bond donors (Lipinski definition) is 1. The molecule has 2 aromatic heterocycles. The molecule has 2 amide bonds. The lowest BCUT2D eigenvalue weighted by Gasteiger charge is -2.34. The fourth-order valence-electron chi connectivity index (χ4n) is 3.40. The molecule has 0 aliphatic carbocycles. The van der Waals surface area contributed by atoms with Gasteiger partial charge in [0.25, 0.3) is 11.8 Å². The number of ether oxygens (including phenoxy) is 1. The molecule has 3 aromatic rings. The highest BCUT2D eigenvalue weighted by molar-refractivity contribution is 6.30. The van der Waals surface area contributed by atoms with Gasteiger partial charge in [-0.3, -0.25) is 19.7 Å². The molecular weight excluding hydrogens is 406 g/mol. The van der Waals surface area contributed by atoms with Crippen molar-refractivity contribution < 1.29 is 14.3 Å². The van der Waals surface area contributed by atoms with Crippen LogP contribution in [0.5, 0.6) is 5.75 Å². The molecule has 0 radical (unpaired) electrons. The Labute approximate surface area is 178 Å². The number of H-pyrrole nitrogens is 1. The van der Waals surface area contributed by atoms with E-state index >= 15 is 0 Å². The Hall–Kier alpha value is -3.39. The molecule has 0 spiro atoms. The van der Waals surface area contributed by atoms with Crippen molar-refractivity contribution in [3.05, 3.63) is 65.1 Å². The van der Waals surface area contributed by atoms with Gasteiger partial charge < -0.3 is 14.5 Å². The van der Waals surface area contributed by atoms with Gasteiger partial charge in [0.15, 0.2) is 0 Å². The zero-order chi connectivity index (χ0) is 21.1. The van der Waals surface area contributed by atoms with Crippen molar-refractivity contribution >= 4 is 23.4 Å². The first-order valence-corrected chi connectivity index (χ1v) is 9.82. The summed E-state index contributed by atoms with van der Waals surface area (Å²) < 4.78 is 5.28. The van der Waals surface area contributed by atoms with E-state index in [9.17, 15) is 9.59 Å². The highest BCUT2D eigenvalue weighted by atomic mass is 35.5. The minimum atomic E-state index is -0.142. The number of methoxy groups -OCH3 is 1. The van der Waals surface area contributed by atoms with Gasteiger partial charge in [-0.25, -0.2) is 0 Å². The average molecular weight is 426 g/mol. The molecule has 9 heteroatoms. The largest absolute Gasteiger partial charge is 0.496 e. The number of piperazine rings is 1. The van der Waals surface area contributed by atoms with Crippen LogP contribution in [0.1, 0.15) is 20.8 Å². The molecule has 1 aliphatic heterocycles. The Morgan fingerprint density at radius 1 is 1.00 bits per heavy atom. The maximum Gasteiger partial charge on any atom is 0.272 e. The summed E-state index contributed by atoms with van der Waals surface area (Å²) in [5.41, 5.74) is 2.44. The first kappa shape index (κ1) is 19.9. The molecule has 1 saturated heterocycles. The molecular formula is C21H20ClN5O3.